The largest absolute Gasteiger partial charge is 0.500 e. The van der Waals surface area contributed by atoms with Gasteiger partial charge in [-0.3, -0.25) is 0 Å². The van der Waals surface area contributed by atoms with Crippen molar-refractivity contribution in [2.45, 2.75) is 39.0 Å². The van der Waals surface area contributed by atoms with Crippen molar-refractivity contribution in [2.24, 2.45) is 0 Å². The van der Waals surface area contributed by atoms with Crippen molar-refractivity contribution in [1.82, 2.24) is 0 Å². The molecule has 0 bridgehead atoms. The zero-order chi connectivity index (χ0) is 18.0. The third kappa shape index (κ3) is 6.42. The summed E-state index contributed by atoms with van der Waals surface area (Å²) < 4.78 is 17.7. The second-order valence-electron chi connectivity index (χ2n) is 5.82. The van der Waals surface area contributed by atoms with Gasteiger partial charge in [0, 0.05) is 31.6 Å². The van der Waals surface area contributed by atoms with Crippen LogP contribution in [0.1, 0.15) is 32.8 Å². The molecule has 0 aliphatic rings. The molecule has 3 nitrogen and oxygen atoms in total. The Labute approximate surface area is 157 Å². The zero-order valence-electron chi connectivity index (χ0n) is 15.6. The minimum Gasteiger partial charge on any atom is -0.374 e. The van der Waals surface area contributed by atoms with Gasteiger partial charge in [-0.05, 0) is 49.3 Å². The molecule has 0 aliphatic heterocycles. The van der Waals surface area contributed by atoms with Crippen LogP contribution in [0.2, 0.25) is 6.04 Å². The van der Waals surface area contributed by atoms with Crippen molar-refractivity contribution in [3.05, 3.63) is 48.0 Å². The van der Waals surface area contributed by atoms with Crippen LogP contribution in [-0.4, -0.2) is 34.4 Å². The maximum absolute atomic E-state index is 5.91. The average Bonchev–Trinajstić information content (AvgIpc) is 2.62. The molecule has 0 heterocycles. The van der Waals surface area contributed by atoms with E-state index in [2.05, 4.69) is 42.5 Å². The monoisotopic (exact) mass is 378 g/mol. The summed E-state index contributed by atoms with van der Waals surface area (Å²) in [6.07, 6.45) is 1.06. The number of benzene rings is 2. The lowest BCUT2D eigenvalue weighted by atomic mass is 10.1. The summed E-state index contributed by atoms with van der Waals surface area (Å²) >= 11 is 1.97. The van der Waals surface area contributed by atoms with Gasteiger partial charge >= 0.3 is 8.80 Å². The van der Waals surface area contributed by atoms with E-state index >= 15 is 0 Å². The molecule has 0 fully saturated rings. The molecule has 0 aromatic heterocycles. The molecule has 0 amide bonds. The Morgan fingerprint density at radius 3 is 2.12 bits per heavy atom. The van der Waals surface area contributed by atoms with Crippen LogP contribution in [-0.2, 0) is 19.0 Å². The minimum absolute atomic E-state index is 0.649. The van der Waals surface area contributed by atoms with Crippen molar-refractivity contribution >= 4 is 31.3 Å². The van der Waals surface area contributed by atoms with E-state index in [0.717, 1.165) is 24.0 Å². The standard InChI is InChI=1S/C20H30O3SSi/c1-4-21-25(22-5-2,23-6-3)15-9-14-24-17-18-12-13-19-10-7-8-11-20(19)16-18/h7-8,10-13,16H,4-6,9,14-15,17H2,1-3H3. The van der Waals surface area contributed by atoms with Crippen LogP contribution in [0.5, 0.6) is 0 Å². The van der Waals surface area contributed by atoms with E-state index in [4.69, 9.17) is 13.3 Å². The number of thioether (sulfide) groups is 1. The number of hydrogen-bond acceptors (Lipinski definition) is 4. The summed E-state index contributed by atoms with van der Waals surface area (Å²) in [7, 11) is -2.47. The van der Waals surface area contributed by atoms with Gasteiger partial charge < -0.3 is 13.3 Å². The number of hydrogen-bond donors (Lipinski definition) is 0. The normalized spacial score (nSPS) is 12.0. The second kappa shape index (κ2) is 11.0. The van der Waals surface area contributed by atoms with E-state index in [1.54, 1.807) is 0 Å². The predicted octanol–water partition coefficient (Wildman–Crippen LogP) is 5.51. The van der Waals surface area contributed by atoms with Crippen LogP contribution < -0.4 is 0 Å². The van der Waals surface area contributed by atoms with Crippen LogP contribution in [0, 0.1) is 0 Å². The van der Waals surface area contributed by atoms with E-state index in [0.29, 0.717) is 19.8 Å². The van der Waals surface area contributed by atoms with E-state index in [1.807, 2.05) is 32.5 Å². The molecule has 0 aliphatic carbocycles. The molecule has 0 N–H and O–H groups in total. The molecule has 25 heavy (non-hydrogen) atoms. The first-order valence-electron chi connectivity index (χ1n) is 9.20. The van der Waals surface area contributed by atoms with Gasteiger partial charge in [-0.2, -0.15) is 11.8 Å². The highest BCUT2D eigenvalue weighted by Crippen LogP contribution is 2.23. The fraction of sp³-hybridized carbons (Fsp3) is 0.500. The summed E-state index contributed by atoms with van der Waals surface area (Å²) in [4.78, 5) is 0. The average molecular weight is 379 g/mol. The molecule has 2 aromatic carbocycles. The first-order chi connectivity index (χ1) is 12.2. The molecule has 2 aromatic rings. The molecule has 5 heteroatoms. The number of rotatable bonds is 12. The fourth-order valence-corrected chi connectivity index (χ4v) is 6.69. The van der Waals surface area contributed by atoms with Crippen LogP contribution in [0.4, 0.5) is 0 Å². The first-order valence-corrected chi connectivity index (χ1v) is 12.3. The molecule has 0 saturated heterocycles. The molecule has 2 rings (SSSR count). The highest BCUT2D eigenvalue weighted by Gasteiger charge is 2.39. The molecule has 0 spiro atoms. The van der Waals surface area contributed by atoms with Crippen LogP contribution in [0.15, 0.2) is 42.5 Å². The molecule has 0 radical (unpaired) electrons. The van der Waals surface area contributed by atoms with Crippen LogP contribution >= 0.6 is 11.8 Å². The summed E-state index contributed by atoms with van der Waals surface area (Å²) in [5.74, 6) is 2.13. The minimum atomic E-state index is -2.47. The highest BCUT2D eigenvalue weighted by molar-refractivity contribution is 7.98. The molecular formula is C20H30O3SSi. The maximum atomic E-state index is 5.91. The summed E-state index contributed by atoms with van der Waals surface area (Å²) in [5, 5.41) is 2.62. The van der Waals surface area contributed by atoms with Gasteiger partial charge in [0.1, 0.15) is 0 Å². The SMILES string of the molecule is CCO[Si](CCCSCc1ccc2ccccc2c1)(OCC)OCC. The Kier molecular flexibility index (Phi) is 8.99. The van der Waals surface area contributed by atoms with Crippen molar-refractivity contribution in [3.8, 4) is 0 Å². The zero-order valence-corrected chi connectivity index (χ0v) is 17.4. The Hall–Kier alpha value is -0.853. The third-order valence-electron chi connectivity index (χ3n) is 3.95. The molecular weight excluding hydrogens is 348 g/mol. The van der Waals surface area contributed by atoms with E-state index < -0.39 is 8.80 Å². The van der Waals surface area contributed by atoms with E-state index in [9.17, 15) is 0 Å². The first kappa shape index (κ1) is 20.5. The van der Waals surface area contributed by atoms with Gasteiger partial charge in [-0.15, -0.1) is 0 Å². The Morgan fingerprint density at radius 1 is 0.840 bits per heavy atom. The summed E-state index contributed by atoms with van der Waals surface area (Å²) in [6.45, 7) is 7.97. The molecule has 0 saturated carbocycles. The Bertz CT molecular complexity index is 618. The Balaban J connectivity index is 1.80. The van der Waals surface area contributed by atoms with Gasteiger partial charge in [0.25, 0.3) is 0 Å². The van der Waals surface area contributed by atoms with Gasteiger partial charge in [0.15, 0.2) is 0 Å². The summed E-state index contributed by atoms with van der Waals surface area (Å²) in [6, 6.07) is 16.1. The smallest absolute Gasteiger partial charge is 0.374 e. The maximum Gasteiger partial charge on any atom is 0.500 e. The lowest BCUT2D eigenvalue weighted by Gasteiger charge is -2.28. The van der Waals surface area contributed by atoms with Gasteiger partial charge in [-0.1, -0.05) is 42.5 Å². The van der Waals surface area contributed by atoms with E-state index in [-0.39, 0.29) is 0 Å². The summed E-state index contributed by atoms with van der Waals surface area (Å²) in [5.41, 5.74) is 1.38. The lowest BCUT2D eigenvalue weighted by Crippen LogP contribution is -2.46. The van der Waals surface area contributed by atoms with Crippen molar-refractivity contribution in [2.75, 3.05) is 25.6 Å². The molecule has 138 valence electrons. The topological polar surface area (TPSA) is 27.7 Å². The van der Waals surface area contributed by atoms with Crippen molar-refractivity contribution in [1.29, 1.82) is 0 Å². The fourth-order valence-electron chi connectivity index (χ4n) is 2.91. The predicted molar refractivity (Wildman–Crippen MR) is 110 cm³/mol. The van der Waals surface area contributed by atoms with Gasteiger partial charge in [0.05, 0.1) is 0 Å². The quantitative estimate of drug-likeness (QED) is 0.359. The van der Waals surface area contributed by atoms with Crippen LogP contribution in [0.3, 0.4) is 0 Å². The Morgan fingerprint density at radius 2 is 1.48 bits per heavy atom. The lowest BCUT2D eigenvalue weighted by molar-refractivity contribution is 0.0712. The van der Waals surface area contributed by atoms with Crippen LogP contribution in [0.25, 0.3) is 10.8 Å². The van der Waals surface area contributed by atoms with Gasteiger partial charge in [0.2, 0.25) is 0 Å². The van der Waals surface area contributed by atoms with Gasteiger partial charge in [-0.25, -0.2) is 0 Å². The molecule has 0 unspecified atom stereocenters. The van der Waals surface area contributed by atoms with Crippen molar-refractivity contribution < 1.29 is 13.3 Å². The number of fused-ring (bicyclic) bond motifs is 1. The second-order valence-corrected chi connectivity index (χ2v) is 9.66. The van der Waals surface area contributed by atoms with Crippen molar-refractivity contribution in [3.63, 3.8) is 0 Å². The third-order valence-corrected chi connectivity index (χ3v) is 8.21. The van der Waals surface area contributed by atoms with E-state index in [1.165, 1.54) is 16.3 Å². The highest BCUT2D eigenvalue weighted by atomic mass is 32.2. The molecule has 0 atom stereocenters.